The molecule has 0 bridgehead atoms. The molecule has 2 aromatic heterocycles. The first-order valence-electron chi connectivity index (χ1n) is 8.87. The summed E-state index contributed by atoms with van der Waals surface area (Å²) in [5, 5.41) is 13.8. The van der Waals surface area contributed by atoms with Crippen molar-refractivity contribution in [2.45, 2.75) is 6.04 Å². The summed E-state index contributed by atoms with van der Waals surface area (Å²) in [7, 11) is 0. The second-order valence-electron chi connectivity index (χ2n) is 6.52. The molecule has 2 heterocycles. The number of nitrogens with zero attached hydrogens (tertiary/aromatic N) is 3. The van der Waals surface area contributed by atoms with Gasteiger partial charge in [0.05, 0.1) is 23.4 Å². The smallest absolute Gasteiger partial charge is 0.252 e. The molecule has 0 aliphatic heterocycles. The van der Waals surface area contributed by atoms with Gasteiger partial charge < -0.3 is 10.3 Å². The largest absolute Gasteiger partial charge is 0.345 e. The normalized spacial score (nSPS) is 12.3. The molecule has 7 nitrogen and oxygen atoms in total. The molecule has 5 rings (SSSR count). The van der Waals surface area contributed by atoms with Crippen molar-refractivity contribution < 1.29 is 4.79 Å². The van der Waals surface area contributed by atoms with E-state index in [1.54, 1.807) is 24.5 Å². The molecule has 0 spiro atoms. The van der Waals surface area contributed by atoms with E-state index in [-0.39, 0.29) is 11.9 Å². The van der Waals surface area contributed by atoms with Gasteiger partial charge in [-0.1, -0.05) is 36.4 Å². The van der Waals surface area contributed by atoms with Crippen molar-refractivity contribution in [2.75, 3.05) is 0 Å². The van der Waals surface area contributed by atoms with Crippen LogP contribution in [0.1, 0.15) is 27.5 Å². The van der Waals surface area contributed by atoms with Crippen molar-refractivity contribution in [2.24, 2.45) is 0 Å². The number of carbonyl (C=O) groups excluding carboxylic acids is 1. The van der Waals surface area contributed by atoms with Gasteiger partial charge in [-0.15, -0.1) is 0 Å². The molecule has 3 N–H and O–H groups in total. The standard InChI is InChI=1S/C21H16N6O/c28-21(15-7-9-17-19(11-15)26-27-25-17)24-20(13-4-2-1-3-5-13)14-6-8-16-18(10-14)23-12-22-16/h1-12,20H,(H,22,23)(H,24,28)(H,25,26,27). The summed E-state index contributed by atoms with van der Waals surface area (Å²) in [6.07, 6.45) is 1.66. The van der Waals surface area contributed by atoms with Crippen molar-refractivity contribution >= 4 is 28.0 Å². The minimum atomic E-state index is -0.297. The van der Waals surface area contributed by atoms with Gasteiger partial charge in [0.1, 0.15) is 11.0 Å². The molecular formula is C21H16N6O. The average molecular weight is 368 g/mol. The number of aromatic nitrogens is 5. The summed E-state index contributed by atoms with van der Waals surface area (Å²) in [5.74, 6) is -0.177. The quantitative estimate of drug-likeness (QED) is 0.453. The van der Waals surface area contributed by atoms with Gasteiger partial charge in [-0.3, -0.25) is 4.79 Å². The summed E-state index contributed by atoms with van der Waals surface area (Å²) in [4.78, 5) is 20.4. The van der Waals surface area contributed by atoms with Gasteiger partial charge in [-0.05, 0) is 41.5 Å². The Balaban J connectivity index is 1.53. The zero-order chi connectivity index (χ0) is 18.9. The van der Waals surface area contributed by atoms with Gasteiger partial charge in [0.15, 0.2) is 0 Å². The molecule has 3 aromatic carbocycles. The first kappa shape index (κ1) is 16.2. The van der Waals surface area contributed by atoms with E-state index in [0.717, 1.165) is 27.7 Å². The van der Waals surface area contributed by atoms with Crippen LogP contribution in [0.25, 0.3) is 22.1 Å². The van der Waals surface area contributed by atoms with E-state index >= 15 is 0 Å². The fraction of sp³-hybridized carbons (Fsp3) is 0.0476. The van der Waals surface area contributed by atoms with E-state index in [0.29, 0.717) is 11.1 Å². The van der Waals surface area contributed by atoms with Crippen LogP contribution in [0.5, 0.6) is 0 Å². The number of H-pyrrole nitrogens is 2. The molecular weight excluding hydrogens is 352 g/mol. The molecule has 0 radical (unpaired) electrons. The number of amides is 1. The van der Waals surface area contributed by atoms with Gasteiger partial charge in [-0.25, -0.2) is 4.98 Å². The van der Waals surface area contributed by atoms with E-state index in [4.69, 9.17) is 0 Å². The molecule has 5 aromatic rings. The van der Waals surface area contributed by atoms with Crippen LogP contribution in [0.15, 0.2) is 73.1 Å². The van der Waals surface area contributed by atoms with E-state index in [2.05, 4.69) is 30.7 Å². The Bertz CT molecular complexity index is 1270. The summed E-state index contributed by atoms with van der Waals surface area (Å²) in [6, 6.07) is 20.8. The summed E-state index contributed by atoms with van der Waals surface area (Å²) >= 11 is 0. The zero-order valence-corrected chi connectivity index (χ0v) is 14.8. The Labute approximate surface area is 159 Å². The fourth-order valence-electron chi connectivity index (χ4n) is 3.33. The van der Waals surface area contributed by atoms with E-state index in [1.807, 2.05) is 48.5 Å². The van der Waals surface area contributed by atoms with Crippen LogP contribution in [0.4, 0.5) is 0 Å². The lowest BCUT2D eigenvalue weighted by Crippen LogP contribution is -2.29. The number of carbonyl (C=O) groups is 1. The highest BCUT2D eigenvalue weighted by Gasteiger charge is 2.19. The van der Waals surface area contributed by atoms with E-state index in [1.165, 1.54) is 0 Å². The van der Waals surface area contributed by atoms with Gasteiger partial charge in [0.2, 0.25) is 0 Å². The molecule has 0 aliphatic rings. The maximum Gasteiger partial charge on any atom is 0.252 e. The topological polar surface area (TPSA) is 99.4 Å². The first-order valence-corrected chi connectivity index (χ1v) is 8.87. The maximum absolute atomic E-state index is 13.0. The molecule has 136 valence electrons. The zero-order valence-electron chi connectivity index (χ0n) is 14.8. The molecule has 0 saturated heterocycles. The molecule has 0 aliphatic carbocycles. The lowest BCUT2D eigenvalue weighted by Gasteiger charge is -2.20. The highest BCUT2D eigenvalue weighted by Crippen LogP contribution is 2.25. The number of aromatic amines is 2. The number of hydrogen-bond donors (Lipinski definition) is 3. The van der Waals surface area contributed by atoms with Crippen molar-refractivity contribution in [3.63, 3.8) is 0 Å². The second kappa shape index (κ2) is 6.62. The van der Waals surface area contributed by atoms with E-state index in [9.17, 15) is 4.79 Å². The molecule has 0 saturated carbocycles. The number of fused-ring (bicyclic) bond motifs is 2. The number of hydrogen-bond acceptors (Lipinski definition) is 4. The van der Waals surface area contributed by atoms with Crippen molar-refractivity contribution in [3.05, 3.63) is 89.7 Å². The highest BCUT2D eigenvalue weighted by atomic mass is 16.1. The predicted octanol–water partition coefficient (Wildman–Crippen LogP) is 3.35. The maximum atomic E-state index is 13.0. The van der Waals surface area contributed by atoms with Crippen molar-refractivity contribution in [1.82, 2.24) is 30.7 Å². The van der Waals surface area contributed by atoms with Crippen LogP contribution < -0.4 is 5.32 Å². The van der Waals surface area contributed by atoms with Crippen LogP contribution >= 0.6 is 0 Å². The Hall–Kier alpha value is -4.00. The first-order chi connectivity index (χ1) is 13.8. The van der Waals surface area contributed by atoms with Crippen LogP contribution in [0.2, 0.25) is 0 Å². The van der Waals surface area contributed by atoms with Gasteiger partial charge in [0, 0.05) is 5.56 Å². The Morgan fingerprint density at radius 2 is 1.68 bits per heavy atom. The average Bonchev–Trinajstić information content (AvgIpc) is 3.40. The number of benzene rings is 3. The summed E-state index contributed by atoms with van der Waals surface area (Å²) < 4.78 is 0. The number of imidazole rings is 1. The summed E-state index contributed by atoms with van der Waals surface area (Å²) in [6.45, 7) is 0. The third kappa shape index (κ3) is 2.88. The predicted molar refractivity (Wildman–Crippen MR) is 106 cm³/mol. The lowest BCUT2D eigenvalue weighted by molar-refractivity contribution is 0.0943. The fourth-order valence-corrected chi connectivity index (χ4v) is 3.33. The second-order valence-corrected chi connectivity index (χ2v) is 6.52. The van der Waals surface area contributed by atoms with Crippen molar-refractivity contribution in [1.29, 1.82) is 0 Å². The molecule has 1 unspecified atom stereocenters. The SMILES string of the molecule is O=C(NC(c1ccccc1)c1ccc2nc[nH]c2c1)c1ccc2n[nH]nc2c1. The third-order valence-corrected chi connectivity index (χ3v) is 4.76. The minimum Gasteiger partial charge on any atom is -0.345 e. The van der Waals surface area contributed by atoms with Gasteiger partial charge >= 0.3 is 0 Å². The Morgan fingerprint density at radius 1 is 0.857 bits per heavy atom. The number of rotatable bonds is 4. The van der Waals surface area contributed by atoms with Crippen LogP contribution in [0.3, 0.4) is 0 Å². The number of nitrogens with one attached hydrogen (secondary N) is 3. The molecule has 0 fully saturated rings. The molecule has 28 heavy (non-hydrogen) atoms. The minimum absolute atomic E-state index is 0.177. The molecule has 1 amide bonds. The third-order valence-electron chi connectivity index (χ3n) is 4.76. The van der Waals surface area contributed by atoms with Crippen LogP contribution in [-0.2, 0) is 0 Å². The van der Waals surface area contributed by atoms with Gasteiger partial charge in [-0.2, -0.15) is 15.4 Å². The van der Waals surface area contributed by atoms with Crippen LogP contribution in [-0.4, -0.2) is 31.3 Å². The van der Waals surface area contributed by atoms with Gasteiger partial charge in [0.25, 0.3) is 5.91 Å². The molecule has 1 atom stereocenters. The Morgan fingerprint density at radius 3 is 2.57 bits per heavy atom. The monoisotopic (exact) mass is 368 g/mol. The summed E-state index contributed by atoms with van der Waals surface area (Å²) in [5.41, 5.74) is 5.69. The highest BCUT2D eigenvalue weighted by molar-refractivity contribution is 5.97. The van der Waals surface area contributed by atoms with Crippen LogP contribution in [0, 0.1) is 0 Å². The van der Waals surface area contributed by atoms with E-state index < -0.39 is 0 Å². The lowest BCUT2D eigenvalue weighted by atomic mass is 9.97. The Kier molecular flexibility index (Phi) is 3.83. The van der Waals surface area contributed by atoms with Crippen molar-refractivity contribution in [3.8, 4) is 0 Å². The molecule has 7 heteroatoms.